The lowest BCUT2D eigenvalue weighted by molar-refractivity contribution is -0.140. The number of hydrogen-bond acceptors (Lipinski definition) is 19. The number of esters is 1. The molecule has 4 atom stereocenters. The number of aryl methyl sites for hydroxylation is 1. The summed E-state index contributed by atoms with van der Waals surface area (Å²) in [6.45, 7) is 22.6. The standard InChI is InChI=1S/C33H42N6O5S.C30H39N7O3S/c1-32(2,3)26-17-15-23-30(36-26)39-20-21(19-33(39,4)5)13-16-25(24-10-7-9-22(34-24)14-18-29(40)44-6)35-27-11-8-12-28(37-27)45(42,43)38-31(23)41;1-29(2,3)24-15-13-21-27(34-24)37-18-19(16-30(37,4)5)12-14-23(22-9-6-8-20(17-31)32-22)33-25-10-7-11-26(35-25)41(39,40)36-28(21)38/h7-12,15,17,21,25H,13-14,16,18-20H2,1-6H3,(H,35,37)(H,38,41);6-11,13,15,19,23H,12,14,16-18,31H2,1-5H3,(H,33,35)(H,36,38)/t21-,25+;19-,23+/m00/s1. The van der Waals surface area contributed by atoms with Crippen molar-refractivity contribution in [1.29, 1.82) is 0 Å². The maximum Gasteiger partial charge on any atom is 0.305 e. The molecule has 23 heteroatoms. The Morgan fingerprint density at radius 2 is 1.00 bits per heavy atom. The molecule has 2 saturated heterocycles. The van der Waals surface area contributed by atoms with Crippen LogP contribution in [-0.4, -0.2) is 95.8 Å². The van der Waals surface area contributed by atoms with Gasteiger partial charge >= 0.3 is 5.97 Å². The van der Waals surface area contributed by atoms with Crippen molar-refractivity contribution in [2.75, 3.05) is 40.6 Å². The Balaban J connectivity index is 0.000000206. The smallest absolute Gasteiger partial charge is 0.305 e. The maximum absolute atomic E-state index is 13.6. The van der Waals surface area contributed by atoms with Gasteiger partial charge in [-0.15, -0.1) is 0 Å². The molecule has 2 fully saturated rings. The van der Waals surface area contributed by atoms with E-state index in [0.717, 1.165) is 66.3 Å². The summed E-state index contributed by atoms with van der Waals surface area (Å²) >= 11 is 0. The topological polar surface area (TPSA) is 287 Å². The molecule has 0 aliphatic carbocycles. The van der Waals surface area contributed by atoms with Crippen LogP contribution in [-0.2, 0) is 53.4 Å². The van der Waals surface area contributed by atoms with Crippen LogP contribution in [0.1, 0.15) is 181 Å². The van der Waals surface area contributed by atoms with E-state index in [-0.39, 0.29) is 73.5 Å². The molecule has 86 heavy (non-hydrogen) atoms. The third kappa shape index (κ3) is 14.4. The fraction of sp³-hybridized carbons (Fsp3) is 0.476. The van der Waals surface area contributed by atoms with E-state index in [1.165, 1.54) is 19.2 Å². The lowest BCUT2D eigenvalue weighted by atomic mass is 9.90. The Hall–Kier alpha value is -7.63. The normalized spacial score (nSPS) is 21.5. The first-order valence-corrected chi connectivity index (χ1v) is 32.3. The molecule has 6 aromatic rings. The zero-order valence-corrected chi connectivity index (χ0v) is 52.7. The number of pyridine rings is 6. The number of fused-ring (bicyclic) bond motifs is 12. The molecule has 2 amide bonds. The van der Waals surface area contributed by atoms with E-state index in [4.69, 9.17) is 30.4 Å². The summed E-state index contributed by atoms with van der Waals surface area (Å²) in [6, 6.07) is 27.3. The van der Waals surface area contributed by atoms with Crippen molar-refractivity contribution in [3.8, 4) is 0 Å². The van der Waals surface area contributed by atoms with Gasteiger partial charge in [0.2, 0.25) is 0 Å². The summed E-state index contributed by atoms with van der Waals surface area (Å²) in [5, 5.41) is 6.28. The van der Waals surface area contributed by atoms with Gasteiger partial charge < -0.3 is 30.9 Å². The molecular formula is C63H81N13O8S2. The average Bonchev–Trinajstić information content (AvgIpc) is 1.75. The molecule has 458 valence electrons. The highest BCUT2D eigenvalue weighted by molar-refractivity contribution is 7.90. The van der Waals surface area contributed by atoms with Gasteiger partial charge in [0.1, 0.15) is 23.3 Å². The molecule has 21 nitrogen and oxygen atoms in total. The van der Waals surface area contributed by atoms with Gasteiger partial charge in [0.25, 0.3) is 31.9 Å². The van der Waals surface area contributed by atoms with Crippen molar-refractivity contribution in [3.63, 3.8) is 0 Å². The summed E-state index contributed by atoms with van der Waals surface area (Å²) < 4.78 is 63.0. The molecular weight excluding hydrogens is 1130 g/mol. The predicted octanol–water partition coefficient (Wildman–Crippen LogP) is 9.24. The second-order valence-corrected chi connectivity index (χ2v) is 29.4. The zero-order valence-electron chi connectivity index (χ0n) is 51.1. The highest BCUT2D eigenvalue weighted by Gasteiger charge is 2.44. The van der Waals surface area contributed by atoms with E-state index in [0.29, 0.717) is 61.7 Å². The summed E-state index contributed by atoms with van der Waals surface area (Å²) in [5.41, 5.74) is 9.88. The number of carbonyl (C=O) groups is 3. The highest BCUT2D eigenvalue weighted by Crippen LogP contribution is 2.43. The zero-order chi connectivity index (χ0) is 62.1. The van der Waals surface area contributed by atoms with Crippen LogP contribution in [0.4, 0.5) is 23.3 Å². The monoisotopic (exact) mass is 1210 g/mol. The molecule has 0 radical (unpaired) electrons. The number of nitrogens with zero attached hydrogens (tertiary/aromatic N) is 8. The number of sulfonamides is 2. The first-order chi connectivity index (χ1) is 40.4. The van der Waals surface area contributed by atoms with Crippen molar-refractivity contribution >= 4 is 61.1 Å². The van der Waals surface area contributed by atoms with Gasteiger partial charge in [-0.1, -0.05) is 65.8 Å². The molecule has 0 saturated carbocycles. The van der Waals surface area contributed by atoms with Crippen molar-refractivity contribution in [3.05, 3.63) is 142 Å². The van der Waals surface area contributed by atoms with Crippen LogP contribution in [0.3, 0.4) is 0 Å². The number of rotatable bonds is 6. The van der Waals surface area contributed by atoms with Crippen molar-refractivity contribution < 1.29 is 36.0 Å². The summed E-state index contributed by atoms with van der Waals surface area (Å²) in [5.74, 6) is 0.508. The Morgan fingerprint density at radius 1 is 0.581 bits per heavy atom. The molecule has 10 rings (SSSR count). The van der Waals surface area contributed by atoms with Gasteiger partial charge in [-0.2, -0.15) is 16.8 Å². The van der Waals surface area contributed by atoms with Crippen LogP contribution < -0.4 is 35.6 Å². The molecule has 6 aromatic heterocycles. The average molecular weight is 1210 g/mol. The Kier molecular flexibility index (Phi) is 18.0. The second-order valence-electron chi connectivity index (χ2n) is 26.1. The quantitative estimate of drug-likeness (QED) is 0.0971. The summed E-state index contributed by atoms with van der Waals surface area (Å²) in [4.78, 5) is 71.6. The predicted molar refractivity (Wildman–Crippen MR) is 331 cm³/mol. The highest BCUT2D eigenvalue weighted by atomic mass is 32.2. The molecule has 4 aliphatic heterocycles. The van der Waals surface area contributed by atoms with Gasteiger partial charge in [0, 0.05) is 65.0 Å². The molecule has 0 unspecified atom stereocenters. The van der Waals surface area contributed by atoms with E-state index < -0.39 is 31.9 Å². The number of nitrogens with two attached hydrogens (primary N) is 1. The lowest BCUT2D eigenvalue weighted by Gasteiger charge is -2.34. The van der Waals surface area contributed by atoms with E-state index in [9.17, 15) is 31.2 Å². The largest absolute Gasteiger partial charge is 0.469 e. The van der Waals surface area contributed by atoms with Crippen LogP contribution in [0.2, 0.25) is 0 Å². The molecule has 0 aromatic carbocycles. The van der Waals surface area contributed by atoms with Crippen molar-refractivity contribution in [2.24, 2.45) is 17.6 Å². The van der Waals surface area contributed by atoms with Crippen molar-refractivity contribution in [2.45, 2.75) is 171 Å². The number of nitrogens with one attached hydrogen (secondary N) is 4. The third-order valence-electron chi connectivity index (χ3n) is 16.4. The number of ether oxygens (including phenoxy) is 1. The minimum absolute atomic E-state index is 0.204. The van der Waals surface area contributed by atoms with Gasteiger partial charge in [0.05, 0.1) is 53.8 Å². The van der Waals surface area contributed by atoms with Crippen LogP contribution in [0.25, 0.3) is 0 Å². The Bertz CT molecular complexity index is 3750. The van der Waals surface area contributed by atoms with E-state index in [1.54, 1.807) is 48.5 Å². The van der Waals surface area contributed by atoms with Gasteiger partial charge in [-0.25, -0.2) is 29.4 Å². The van der Waals surface area contributed by atoms with Crippen LogP contribution in [0, 0.1) is 11.8 Å². The SMILES string of the molecule is CC(C)(C)c1ccc2c(n1)N1C[C@@H](CC[C@H](c3cccc(CN)n3)Nc3cccc(n3)S(=O)(=O)NC2=O)CC1(C)C.COC(=O)CCc1cccc([C@H]2CC[C@@H]3CN(c4nc(C(C)(C)C)ccc4C(=O)NS(=O)(=O)c4cccc(n4)N2)C(C)(C)C3)n1. The summed E-state index contributed by atoms with van der Waals surface area (Å²) in [6.07, 6.45) is 5.57. The van der Waals surface area contributed by atoms with Gasteiger partial charge in [0.15, 0.2) is 10.1 Å². The van der Waals surface area contributed by atoms with E-state index in [1.807, 2.05) is 36.4 Å². The number of methoxy groups -OCH3 is 1. The first kappa shape index (κ1) is 62.9. The number of hydrogen-bond donors (Lipinski definition) is 5. The molecule has 4 aliphatic rings. The lowest BCUT2D eigenvalue weighted by Crippen LogP contribution is -2.41. The summed E-state index contributed by atoms with van der Waals surface area (Å²) in [7, 11) is -7.23. The molecule has 6 N–H and O–H groups in total. The number of aromatic nitrogens is 6. The Labute approximate surface area is 505 Å². The molecule has 8 bridgehead atoms. The molecule has 10 heterocycles. The number of carbonyl (C=O) groups excluding carboxylic acids is 3. The molecule has 0 spiro atoms. The van der Waals surface area contributed by atoms with Crippen LogP contribution >= 0.6 is 0 Å². The number of amides is 2. The number of anilines is 4. The Morgan fingerprint density at radius 3 is 1.42 bits per heavy atom. The minimum Gasteiger partial charge on any atom is -0.469 e. The second kappa shape index (κ2) is 24.6. The van der Waals surface area contributed by atoms with Crippen molar-refractivity contribution in [1.82, 2.24) is 39.3 Å². The first-order valence-electron chi connectivity index (χ1n) is 29.3. The third-order valence-corrected chi connectivity index (χ3v) is 18.9. The van der Waals surface area contributed by atoms with Crippen LogP contribution in [0.15, 0.2) is 107 Å². The minimum atomic E-state index is -4.32. The van der Waals surface area contributed by atoms with Gasteiger partial charge in [-0.05, 0) is 151 Å². The fourth-order valence-corrected chi connectivity index (χ4v) is 13.7. The van der Waals surface area contributed by atoms with Gasteiger partial charge in [-0.3, -0.25) is 24.4 Å². The van der Waals surface area contributed by atoms with E-state index in [2.05, 4.69) is 109 Å². The maximum atomic E-state index is 13.6. The van der Waals surface area contributed by atoms with Crippen LogP contribution in [0.5, 0.6) is 0 Å². The van der Waals surface area contributed by atoms with E-state index >= 15 is 0 Å². The fourth-order valence-electron chi connectivity index (χ4n) is 11.9.